The molecule has 0 bridgehead atoms. The fraction of sp³-hybridized carbons (Fsp3) is 0.643. The number of hydrogen-bond donors (Lipinski definition) is 1. The van der Waals surface area contributed by atoms with E-state index < -0.39 is 0 Å². The summed E-state index contributed by atoms with van der Waals surface area (Å²) in [4.78, 5) is 6.80. The third kappa shape index (κ3) is 4.84. The Morgan fingerprint density at radius 3 is 2.94 bits per heavy atom. The zero-order chi connectivity index (χ0) is 11.9. The molecule has 0 unspecified atom stereocenters. The van der Waals surface area contributed by atoms with Crippen molar-refractivity contribution in [1.82, 2.24) is 15.2 Å². The van der Waals surface area contributed by atoms with Crippen molar-refractivity contribution in [3.63, 3.8) is 0 Å². The van der Waals surface area contributed by atoms with Crippen molar-refractivity contribution >= 4 is 0 Å². The van der Waals surface area contributed by atoms with Crippen LogP contribution in [0.5, 0.6) is 0 Å². The largest absolute Gasteiger partial charge is 0.315 e. The van der Waals surface area contributed by atoms with Gasteiger partial charge in [0.2, 0.25) is 0 Å². The highest BCUT2D eigenvalue weighted by atomic mass is 15.1. The zero-order valence-corrected chi connectivity index (χ0v) is 10.7. The maximum absolute atomic E-state index is 4.37. The van der Waals surface area contributed by atoms with Crippen molar-refractivity contribution in [1.29, 1.82) is 0 Å². The highest BCUT2D eigenvalue weighted by Gasteiger charge is 2.20. The van der Waals surface area contributed by atoms with Gasteiger partial charge in [0.25, 0.3) is 0 Å². The monoisotopic (exact) mass is 233 g/mol. The van der Waals surface area contributed by atoms with Gasteiger partial charge in [0.1, 0.15) is 0 Å². The summed E-state index contributed by atoms with van der Waals surface area (Å²) in [5, 5.41) is 3.54. The topological polar surface area (TPSA) is 28.2 Å². The van der Waals surface area contributed by atoms with Crippen LogP contribution >= 0.6 is 0 Å². The molecule has 1 fully saturated rings. The molecule has 3 nitrogen and oxygen atoms in total. The Morgan fingerprint density at radius 1 is 1.41 bits per heavy atom. The Hall–Kier alpha value is -0.930. The highest BCUT2D eigenvalue weighted by molar-refractivity contribution is 5.03. The van der Waals surface area contributed by atoms with E-state index in [1.165, 1.54) is 19.4 Å². The molecule has 1 heterocycles. The van der Waals surface area contributed by atoms with Crippen molar-refractivity contribution in [2.75, 3.05) is 26.2 Å². The van der Waals surface area contributed by atoms with Gasteiger partial charge >= 0.3 is 0 Å². The molecule has 0 atom stereocenters. The zero-order valence-electron chi connectivity index (χ0n) is 10.7. The van der Waals surface area contributed by atoms with Crippen LogP contribution in [0.25, 0.3) is 0 Å². The number of aromatic nitrogens is 1. The maximum atomic E-state index is 4.37. The number of pyridine rings is 1. The quantitative estimate of drug-likeness (QED) is 0.695. The third-order valence-corrected chi connectivity index (χ3v) is 3.29. The molecule has 1 aliphatic rings. The minimum absolute atomic E-state index is 0.961. The van der Waals surface area contributed by atoms with Crippen LogP contribution in [0.15, 0.2) is 24.4 Å². The lowest BCUT2D eigenvalue weighted by Crippen LogP contribution is -2.32. The number of nitrogens with zero attached hydrogens (tertiary/aromatic N) is 2. The highest BCUT2D eigenvalue weighted by Crippen LogP contribution is 2.27. The molecule has 1 N–H and O–H groups in total. The molecule has 1 aliphatic carbocycles. The van der Waals surface area contributed by atoms with Crippen LogP contribution in [-0.2, 0) is 6.54 Å². The number of likely N-dealkylation sites (N-methyl/N-ethyl adjacent to an activating group) is 1. The summed E-state index contributed by atoms with van der Waals surface area (Å²) < 4.78 is 0. The Labute approximate surface area is 104 Å². The molecule has 1 aromatic heterocycles. The smallest absolute Gasteiger partial charge is 0.0543 e. The van der Waals surface area contributed by atoms with Gasteiger partial charge in [0.05, 0.1) is 5.69 Å². The number of nitrogens with one attached hydrogen (secondary N) is 1. The van der Waals surface area contributed by atoms with E-state index in [0.717, 1.165) is 37.8 Å². The first-order valence-corrected chi connectivity index (χ1v) is 6.71. The summed E-state index contributed by atoms with van der Waals surface area (Å²) in [7, 11) is 0. The normalized spacial score (nSPS) is 15.4. The minimum atomic E-state index is 0.961. The summed E-state index contributed by atoms with van der Waals surface area (Å²) in [6.07, 6.45) is 4.73. The molecule has 0 amide bonds. The Bertz CT molecular complexity index is 309. The molecule has 94 valence electrons. The molecular weight excluding hydrogens is 210 g/mol. The Morgan fingerprint density at radius 2 is 2.29 bits per heavy atom. The molecule has 2 rings (SSSR count). The molecular formula is C14H23N3. The van der Waals surface area contributed by atoms with Crippen molar-refractivity contribution in [3.8, 4) is 0 Å². The van der Waals surface area contributed by atoms with Crippen LogP contribution in [0.4, 0.5) is 0 Å². The van der Waals surface area contributed by atoms with Crippen LogP contribution in [0.2, 0.25) is 0 Å². The third-order valence-electron chi connectivity index (χ3n) is 3.29. The second kappa shape index (κ2) is 6.72. The van der Waals surface area contributed by atoms with Gasteiger partial charge in [-0.15, -0.1) is 0 Å². The van der Waals surface area contributed by atoms with E-state index in [9.17, 15) is 0 Å². The van der Waals surface area contributed by atoms with Gasteiger partial charge < -0.3 is 5.32 Å². The molecule has 1 saturated carbocycles. The fourth-order valence-corrected chi connectivity index (χ4v) is 1.94. The summed E-state index contributed by atoms with van der Waals surface area (Å²) >= 11 is 0. The SMILES string of the molecule is CCN(CCNCC1CC1)Cc1ccccn1. The summed E-state index contributed by atoms with van der Waals surface area (Å²) in [6.45, 7) is 7.67. The van der Waals surface area contributed by atoms with Gasteiger partial charge in [-0.3, -0.25) is 9.88 Å². The molecule has 17 heavy (non-hydrogen) atoms. The summed E-state index contributed by atoms with van der Waals surface area (Å²) in [6, 6.07) is 6.12. The van der Waals surface area contributed by atoms with E-state index >= 15 is 0 Å². The van der Waals surface area contributed by atoms with Crippen molar-refractivity contribution in [2.45, 2.75) is 26.3 Å². The second-order valence-corrected chi connectivity index (χ2v) is 4.84. The van der Waals surface area contributed by atoms with Crippen LogP contribution in [0.3, 0.4) is 0 Å². The van der Waals surface area contributed by atoms with E-state index in [1.54, 1.807) is 0 Å². The maximum Gasteiger partial charge on any atom is 0.0543 e. The number of rotatable bonds is 8. The lowest BCUT2D eigenvalue weighted by Gasteiger charge is -2.20. The van der Waals surface area contributed by atoms with Crippen molar-refractivity contribution in [2.24, 2.45) is 5.92 Å². The summed E-state index contributed by atoms with van der Waals surface area (Å²) in [5.41, 5.74) is 1.16. The average molecular weight is 233 g/mol. The lowest BCUT2D eigenvalue weighted by molar-refractivity contribution is 0.275. The predicted molar refractivity (Wildman–Crippen MR) is 70.8 cm³/mol. The first-order valence-electron chi connectivity index (χ1n) is 6.71. The van der Waals surface area contributed by atoms with Gasteiger partial charge in [-0.05, 0) is 44.0 Å². The van der Waals surface area contributed by atoms with Gasteiger partial charge in [-0.2, -0.15) is 0 Å². The molecule has 3 heteroatoms. The van der Waals surface area contributed by atoms with E-state index in [-0.39, 0.29) is 0 Å². The first kappa shape index (κ1) is 12.5. The van der Waals surface area contributed by atoms with Gasteiger partial charge in [0, 0.05) is 25.8 Å². The van der Waals surface area contributed by atoms with Crippen molar-refractivity contribution < 1.29 is 0 Å². The van der Waals surface area contributed by atoms with Crippen molar-refractivity contribution in [3.05, 3.63) is 30.1 Å². The average Bonchev–Trinajstić information content (AvgIpc) is 3.18. The Balaban J connectivity index is 1.65. The van der Waals surface area contributed by atoms with Gasteiger partial charge in [-0.25, -0.2) is 0 Å². The van der Waals surface area contributed by atoms with Crippen LogP contribution in [0.1, 0.15) is 25.5 Å². The molecule has 0 radical (unpaired) electrons. The first-order chi connectivity index (χ1) is 8.38. The molecule has 0 saturated heterocycles. The number of hydrogen-bond acceptors (Lipinski definition) is 3. The van der Waals surface area contributed by atoms with Crippen LogP contribution in [0, 0.1) is 5.92 Å². The molecule has 0 spiro atoms. The van der Waals surface area contributed by atoms with Gasteiger partial charge in [0.15, 0.2) is 0 Å². The molecule has 1 aromatic rings. The molecule has 0 aliphatic heterocycles. The van der Waals surface area contributed by atoms with Crippen LogP contribution < -0.4 is 5.32 Å². The predicted octanol–water partition coefficient (Wildman–Crippen LogP) is 1.90. The Kier molecular flexibility index (Phi) is 4.95. The lowest BCUT2D eigenvalue weighted by atomic mass is 10.3. The molecule has 0 aromatic carbocycles. The van der Waals surface area contributed by atoms with E-state index in [4.69, 9.17) is 0 Å². The fourth-order valence-electron chi connectivity index (χ4n) is 1.94. The van der Waals surface area contributed by atoms with E-state index in [1.807, 2.05) is 12.3 Å². The summed E-state index contributed by atoms with van der Waals surface area (Å²) in [5.74, 6) is 0.973. The minimum Gasteiger partial charge on any atom is -0.315 e. The van der Waals surface area contributed by atoms with E-state index in [2.05, 4.69) is 34.3 Å². The standard InChI is InChI=1S/C14H23N3/c1-2-17(10-9-15-11-13-6-7-13)12-14-5-3-4-8-16-14/h3-5,8,13,15H,2,6-7,9-12H2,1H3. The van der Waals surface area contributed by atoms with Crippen LogP contribution in [-0.4, -0.2) is 36.1 Å². The van der Waals surface area contributed by atoms with Gasteiger partial charge in [-0.1, -0.05) is 13.0 Å². The second-order valence-electron chi connectivity index (χ2n) is 4.84. The van der Waals surface area contributed by atoms with E-state index in [0.29, 0.717) is 0 Å².